The zero-order chi connectivity index (χ0) is 25.7. The molecule has 5 fully saturated rings. The van der Waals surface area contributed by atoms with Crippen molar-refractivity contribution in [2.75, 3.05) is 6.54 Å². The smallest absolute Gasteiger partial charge is 0.289 e. The molecule has 1 spiro atoms. The number of likely N-dealkylation sites (tertiary alicyclic amines) is 1. The number of nitrogens with one attached hydrogen (secondary N) is 2. The molecule has 0 radical (unpaired) electrons. The van der Waals surface area contributed by atoms with Crippen molar-refractivity contribution in [1.29, 1.82) is 0 Å². The second-order valence-electron chi connectivity index (χ2n) is 12.8. The third-order valence-corrected chi connectivity index (χ3v) is 10.2. The molecule has 36 heavy (non-hydrogen) atoms. The van der Waals surface area contributed by atoms with E-state index in [1.807, 2.05) is 6.92 Å². The summed E-state index contributed by atoms with van der Waals surface area (Å²) in [6, 6.07) is -2.02. The van der Waals surface area contributed by atoms with Gasteiger partial charge in [0.1, 0.15) is 6.04 Å². The van der Waals surface area contributed by atoms with Crippen LogP contribution in [0.4, 0.5) is 0 Å². The van der Waals surface area contributed by atoms with E-state index in [0.29, 0.717) is 25.3 Å². The molecule has 8 nitrogen and oxygen atoms in total. The second-order valence-corrected chi connectivity index (χ2v) is 12.8. The Morgan fingerprint density at radius 3 is 2.31 bits per heavy atom. The van der Waals surface area contributed by atoms with Crippen molar-refractivity contribution in [3.05, 3.63) is 0 Å². The monoisotopic (exact) mass is 500 g/mol. The van der Waals surface area contributed by atoms with E-state index < -0.39 is 29.8 Å². The minimum Gasteiger partial charge on any atom is -0.347 e. The number of Topliss-reactive ketones (excluding diaryl/α,β-unsaturated/α-hetero) is 1. The third kappa shape index (κ3) is 4.70. The van der Waals surface area contributed by atoms with Gasteiger partial charge in [0, 0.05) is 12.6 Å². The predicted molar refractivity (Wildman–Crippen MR) is 136 cm³/mol. The maximum atomic E-state index is 13.9. The van der Waals surface area contributed by atoms with Crippen molar-refractivity contribution in [3.63, 3.8) is 0 Å². The first-order valence-corrected chi connectivity index (χ1v) is 14.4. The zero-order valence-electron chi connectivity index (χ0n) is 22.0. The normalized spacial score (nSPS) is 31.4. The fourth-order valence-electron chi connectivity index (χ4n) is 7.51. The summed E-state index contributed by atoms with van der Waals surface area (Å²) in [7, 11) is 0. The molecule has 0 aromatic rings. The van der Waals surface area contributed by atoms with Gasteiger partial charge in [-0.1, -0.05) is 39.5 Å². The van der Waals surface area contributed by atoms with Gasteiger partial charge in [-0.25, -0.2) is 0 Å². The Bertz CT molecular complexity index is 905. The fourth-order valence-corrected chi connectivity index (χ4v) is 7.51. The maximum Gasteiger partial charge on any atom is 0.289 e. The van der Waals surface area contributed by atoms with Gasteiger partial charge in [0.05, 0.1) is 12.1 Å². The van der Waals surface area contributed by atoms with E-state index in [1.54, 1.807) is 4.90 Å². The van der Waals surface area contributed by atoms with Gasteiger partial charge in [-0.2, -0.15) is 0 Å². The number of fused-ring (bicyclic) bond motifs is 2. The number of carbonyl (C=O) groups is 4. The number of nitrogens with zero attached hydrogens (tertiary/aromatic N) is 1. The average molecular weight is 501 g/mol. The van der Waals surface area contributed by atoms with Crippen LogP contribution in [-0.4, -0.2) is 59.1 Å². The highest BCUT2D eigenvalue weighted by atomic mass is 16.2. The first-order chi connectivity index (χ1) is 17.2. The summed E-state index contributed by atoms with van der Waals surface area (Å²) in [6.45, 7) is 4.64. The van der Waals surface area contributed by atoms with E-state index in [4.69, 9.17) is 5.73 Å². The van der Waals surface area contributed by atoms with Crippen LogP contribution in [0.5, 0.6) is 0 Å². The predicted octanol–water partition coefficient (Wildman–Crippen LogP) is 2.43. The highest BCUT2D eigenvalue weighted by Crippen LogP contribution is 2.66. The van der Waals surface area contributed by atoms with Crippen LogP contribution in [0, 0.1) is 22.7 Å². The van der Waals surface area contributed by atoms with Crippen LogP contribution in [0.1, 0.15) is 97.3 Å². The summed E-state index contributed by atoms with van der Waals surface area (Å²) in [5, 5.41) is 5.68. The van der Waals surface area contributed by atoms with Crippen molar-refractivity contribution < 1.29 is 19.2 Å². The molecule has 4 N–H and O–H groups in total. The van der Waals surface area contributed by atoms with Crippen molar-refractivity contribution >= 4 is 23.5 Å². The molecule has 1 aliphatic heterocycles. The van der Waals surface area contributed by atoms with Gasteiger partial charge < -0.3 is 21.3 Å². The summed E-state index contributed by atoms with van der Waals surface area (Å²) >= 11 is 0. The fraction of sp³-hybridized carbons (Fsp3) is 0.857. The molecule has 3 amide bonds. The Morgan fingerprint density at radius 1 is 1.00 bits per heavy atom. The second kappa shape index (κ2) is 9.73. The van der Waals surface area contributed by atoms with E-state index in [-0.39, 0.29) is 34.6 Å². The number of nitrogens with two attached hydrogens (primary N) is 1. The van der Waals surface area contributed by atoms with Crippen molar-refractivity contribution in [2.24, 2.45) is 28.4 Å². The van der Waals surface area contributed by atoms with Crippen LogP contribution in [0.2, 0.25) is 0 Å². The van der Waals surface area contributed by atoms with Gasteiger partial charge in [0.25, 0.3) is 5.91 Å². The van der Waals surface area contributed by atoms with Gasteiger partial charge in [0.2, 0.25) is 17.6 Å². The Hall–Kier alpha value is -1.96. The van der Waals surface area contributed by atoms with Gasteiger partial charge in [-0.05, 0) is 80.5 Å². The number of carbonyl (C=O) groups excluding carboxylic acids is 4. The largest absolute Gasteiger partial charge is 0.347 e. The Balaban J connectivity index is 1.34. The lowest BCUT2D eigenvalue weighted by molar-refractivity contribution is -0.144. The standard InChI is InChI=1S/C28H44N4O4/c1-3-7-20(22(33)25(35)30-17-8-9-17)31-24(34)21-18-10-13-28(14-15-28)19(18)16-32(21)26(36)23(29)27(2)11-5-4-6-12-27/h17-21,23H,3-16,29H2,1-2H3,(H,30,35)(H,31,34)/t18-,19-,20?,21-,23+/m0/s1. The van der Waals surface area contributed by atoms with E-state index in [2.05, 4.69) is 17.6 Å². The minimum absolute atomic E-state index is 0.0824. The van der Waals surface area contributed by atoms with Crippen LogP contribution in [0.25, 0.3) is 0 Å². The molecule has 4 saturated carbocycles. The molecular weight excluding hydrogens is 456 g/mol. The lowest BCUT2D eigenvalue weighted by atomic mass is 9.70. The van der Waals surface area contributed by atoms with Crippen LogP contribution in [-0.2, 0) is 19.2 Å². The van der Waals surface area contributed by atoms with Crippen LogP contribution < -0.4 is 16.4 Å². The SMILES string of the molecule is CCCC(NC(=O)[C@@H]1[C@H]2CCC3(CC3)[C@H]2CN1C(=O)[C@@H](N)C1(C)CCCCC1)C(=O)C(=O)NC1CC1. The van der Waals surface area contributed by atoms with E-state index in [0.717, 1.165) is 51.4 Å². The molecule has 0 aromatic carbocycles. The lowest BCUT2D eigenvalue weighted by Gasteiger charge is -2.40. The number of rotatable bonds is 9. The molecule has 200 valence electrons. The van der Waals surface area contributed by atoms with Crippen LogP contribution in [0.15, 0.2) is 0 Å². The maximum absolute atomic E-state index is 13.9. The summed E-state index contributed by atoms with van der Waals surface area (Å²) in [5.41, 5.74) is 6.70. The molecule has 4 aliphatic carbocycles. The van der Waals surface area contributed by atoms with Crippen LogP contribution >= 0.6 is 0 Å². The highest BCUT2D eigenvalue weighted by molar-refractivity contribution is 6.38. The van der Waals surface area contributed by atoms with Crippen molar-refractivity contribution in [3.8, 4) is 0 Å². The Labute approximate surface area is 214 Å². The zero-order valence-corrected chi connectivity index (χ0v) is 22.0. The van der Waals surface area contributed by atoms with E-state index in [1.165, 1.54) is 19.3 Å². The number of hydrogen-bond donors (Lipinski definition) is 3. The van der Waals surface area contributed by atoms with Gasteiger partial charge in [-0.15, -0.1) is 0 Å². The van der Waals surface area contributed by atoms with Crippen molar-refractivity contribution in [1.82, 2.24) is 15.5 Å². The third-order valence-electron chi connectivity index (χ3n) is 10.2. The molecule has 5 rings (SSSR count). The number of amides is 3. The van der Waals surface area contributed by atoms with Crippen LogP contribution in [0.3, 0.4) is 0 Å². The van der Waals surface area contributed by atoms with E-state index in [9.17, 15) is 19.2 Å². The summed E-state index contributed by atoms with van der Waals surface area (Å²) < 4.78 is 0. The summed E-state index contributed by atoms with van der Waals surface area (Å²) in [6.07, 6.45) is 12.5. The first-order valence-electron chi connectivity index (χ1n) is 14.4. The Kier molecular flexibility index (Phi) is 6.94. The molecular formula is C28H44N4O4. The molecule has 1 heterocycles. The van der Waals surface area contributed by atoms with Crippen molar-refractivity contribution in [2.45, 2.75) is 121 Å². The molecule has 5 aliphatic rings. The first kappa shape index (κ1) is 25.7. The molecule has 0 aromatic heterocycles. The summed E-state index contributed by atoms with van der Waals surface area (Å²) in [5.74, 6) is -1.18. The molecule has 1 saturated heterocycles. The average Bonchev–Trinajstić information content (AvgIpc) is 3.77. The topological polar surface area (TPSA) is 122 Å². The summed E-state index contributed by atoms with van der Waals surface area (Å²) in [4.78, 5) is 54.9. The quantitative estimate of drug-likeness (QED) is 0.420. The van der Waals surface area contributed by atoms with Gasteiger partial charge >= 0.3 is 0 Å². The highest BCUT2D eigenvalue weighted by Gasteiger charge is 2.64. The minimum atomic E-state index is -0.863. The Morgan fingerprint density at radius 2 is 1.69 bits per heavy atom. The van der Waals surface area contributed by atoms with Gasteiger partial charge in [-0.3, -0.25) is 19.2 Å². The molecule has 1 unspecified atom stereocenters. The molecule has 5 atom stereocenters. The molecule has 0 bridgehead atoms. The number of hydrogen-bond acceptors (Lipinski definition) is 5. The lowest BCUT2D eigenvalue weighted by Crippen LogP contribution is -2.59. The van der Waals surface area contributed by atoms with Gasteiger partial charge in [0.15, 0.2) is 0 Å². The van der Waals surface area contributed by atoms with E-state index >= 15 is 0 Å². The molecule has 8 heteroatoms. The number of ketones is 1.